The van der Waals surface area contributed by atoms with E-state index < -0.39 is 0 Å². The number of aliphatic hydroxyl groups is 1. The summed E-state index contributed by atoms with van der Waals surface area (Å²) in [6, 6.07) is 1.99. The van der Waals surface area contributed by atoms with Gasteiger partial charge in [-0.2, -0.15) is 0 Å². The number of nitrogens with one attached hydrogen (secondary N) is 1. The van der Waals surface area contributed by atoms with Crippen molar-refractivity contribution in [2.45, 2.75) is 6.54 Å². The lowest BCUT2D eigenvalue weighted by Crippen LogP contribution is -2.17. The van der Waals surface area contributed by atoms with E-state index in [1.807, 2.05) is 30.4 Å². The van der Waals surface area contributed by atoms with Crippen molar-refractivity contribution < 1.29 is 5.11 Å². The van der Waals surface area contributed by atoms with Gasteiger partial charge in [0, 0.05) is 18.9 Å². The molecule has 0 spiro atoms. The molecule has 1 rings (SSSR count). The predicted octanol–water partition coefficient (Wildman–Crippen LogP) is 0.396. The van der Waals surface area contributed by atoms with Crippen LogP contribution in [0.25, 0.3) is 0 Å². The molecule has 0 aliphatic rings. The van der Waals surface area contributed by atoms with Gasteiger partial charge < -0.3 is 10.1 Å². The van der Waals surface area contributed by atoms with Gasteiger partial charge in [-0.15, -0.1) is 0 Å². The second-order valence-corrected chi connectivity index (χ2v) is 2.37. The van der Waals surface area contributed by atoms with Gasteiger partial charge in [-0.25, -0.2) is 0 Å². The molecule has 2 N–H and O–H groups in total. The lowest BCUT2D eigenvalue weighted by Gasteiger charge is -2.10. The van der Waals surface area contributed by atoms with Crippen molar-refractivity contribution in [3.63, 3.8) is 0 Å². The Morgan fingerprint density at radius 2 is 2.50 bits per heavy atom. The Bertz CT molecular complexity index is 172. The number of H-pyrrole nitrogens is 1. The van der Waals surface area contributed by atoms with Gasteiger partial charge >= 0.3 is 0 Å². The fourth-order valence-electron chi connectivity index (χ4n) is 0.818. The molecular weight excluding hydrogens is 128 g/mol. The molecule has 0 aliphatic heterocycles. The molecule has 0 bridgehead atoms. The summed E-state index contributed by atoms with van der Waals surface area (Å²) in [4.78, 5) is 4.77. The summed E-state index contributed by atoms with van der Waals surface area (Å²) in [5, 5.41) is 8.65. The van der Waals surface area contributed by atoms with Gasteiger partial charge in [0.15, 0.2) is 0 Å². The number of hydrogen-bond acceptors (Lipinski definition) is 2. The summed E-state index contributed by atoms with van der Waals surface area (Å²) in [7, 11) is 1.87. The van der Waals surface area contributed by atoms with Crippen LogP contribution in [0.4, 0.5) is 0 Å². The molecule has 0 saturated heterocycles. The molecular formula is C7H12N2O. The molecule has 56 valence electrons. The van der Waals surface area contributed by atoms with Gasteiger partial charge in [-0.05, 0) is 18.7 Å². The summed E-state index contributed by atoms with van der Waals surface area (Å²) in [6.07, 6.45) is 3.80. The van der Waals surface area contributed by atoms with E-state index in [1.165, 1.54) is 5.56 Å². The summed E-state index contributed by atoms with van der Waals surface area (Å²) in [6.45, 7) is 0.894. The Hall–Kier alpha value is -0.800. The van der Waals surface area contributed by atoms with E-state index in [-0.39, 0.29) is 6.73 Å². The van der Waals surface area contributed by atoms with Gasteiger partial charge in [0.2, 0.25) is 0 Å². The van der Waals surface area contributed by atoms with Crippen LogP contribution in [-0.4, -0.2) is 28.8 Å². The maximum absolute atomic E-state index is 8.65. The average molecular weight is 140 g/mol. The SMILES string of the molecule is CN(CO)Cc1cc[nH]c1. The van der Waals surface area contributed by atoms with Crippen molar-refractivity contribution in [2.24, 2.45) is 0 Å². The van der Waals surface area contributed by atoms with E-state index in [0.717, 1.165) is 6.54 Å². The van der Waals surface area contributed by atoms with Crippen molar-refractivity contribution >= 4 is 0 Å². The van der Waals surface area contributed by atoms with Gasteiger partial charge in [0.25, 0.3) is 0 Å². The van der Waals surface area contributed by atoms with Crippen LogP contribution >= 0.6 is 0 Å². The molecule has 0 aromatic carbocycles. The summed E-state index contributed by atoms with van der Waals surface area (Å²) in [5.74, 6) is 0. The monoisotopic (exact) mass is 140 g/mol. The fourth-order valence-corrected chi connectivity index (χ4v) is 0.818. The molecule has 3 nitrogen and oxygen atoms in total. The van der Waals surface area contributed by atoms with Gasteiger partial charge in [-0.3, -0.25) is 4.90 Å². The van der Waals surface area contributed by atoms with Crippen LogP contribution in [0.1, 0.15) is 5.56 Å². The Balaban J connectivity index is 2.40. The largest absolute Gasteiger partial charge is 0.381 e. The summed E-state index contributed by atoms with van der Waals surface area (Å²) >= 11 is 0. The molecule has 0 unspecified atom stereocenters. The number of nitrogens with zero attached hydrogens (tertiary/aromatic N) is 1. The quantitative estimate of drug-likeness (QED) is 0.596. The second kappa shape index (κ2) is 3.39. The first kappa shape index (κ1) is 7.31. The number of aromatic nitrogens is 1. The van der Waals surface area contributed by atoms with E-state index in [0.29, 0.717) is 0 Å². The normalized spacial score (nSPS) is 10.7. The van der Waals surface area contributed by atoms with Crippen molar-refractivity contribution in [3.05, 3.63) is 24.0 Å². The van der Waals surface area contributed by atoms with Crippen molar-refractivity contribution in [1.82, 2.24) is 9.88 Å². The lowest BCUT2D eigenvalue weighted by molar-refractivity contribution is 0.127. The third-order valence-corrected chi connectivity index (χ3v) is 1.36. The predicted molar refractivity (Wildman–Crippen MR) is 39.3 cm³/mol. The highest BCUT2D eigenvalue weighted by atomic mass is 16.3. The molecule has 1 heterocycles. The highest BCUT2D eigenvalue weighted by Crippen LogP contribution is 1.99. The van der Waals surface area contributed by atoms with Crippen LogP contribution in [0.2, 0.25) is 0 Å². The molecule has 1 aromatic heterocycles. The number of aliphatic hydroxyl groups excluding tert-OH is 1. The minimum Gasteiger partial charge on any atom is -0.381 e. The smallest absolute Gasteiger partial charge is 0.0956 e. The highest BCUT2D eigenvalue weighted by Gasteiger charge is 1.96. The van der Waals surface area contributed by atoms with Crippen molar-refractivity contribution in [1.29, 1.82) is 0 Å². The van der Waals surface area contributed by atoms with Crippen molar-refractivity contribution in [2.75, 3.05) is 13.8 Å². The topological polar surface area (TPSA) is 39.3 Å². The maximum atomic E-state index is 8.65. The Morgan fingerprint density at radius 3 is 3.00 bits per heavy atom. The Morgan fingerprint density at radius 1 is 1.70 bits per heavy atom. The first-order valence-corrected chi connectivity index (χ1v) is 3.24. The first-order valence-electron chi connectivity index (χ1n) is 3.24. The third-order valence-electron chi connectivity index (χ3n) is 1.36. The van der Waals surface area contributed by atoms with E-state index in [9.17, 15) is 0 Å². The molecule has 0 atom stereocenters. The van der Waals surface area contributed by atoms with E-state index in [4.69, 9.17) is 5.11 Å². The molecule has 0 aliphatic carbocycles. The van der Waals surface area contributed by atoms with Crippen LogP contribution in [0, 0.1) is 0 Å². The molecule has 0 fully saturated rings. The highest BCUT2D eigenvalue weighted by molar-refractivity contribution is 5.07. The molecule has 10 heavy (non-hydrogen) atoms. The molecule has 0 radical (unpaired) electrons. The molecule has 0 amide bonds. The number of hydrogen-bond donors (Lipinski definition) is 2. The van der Waals surface area contributed by atoms with Crippen LogP contribution in [-0.2, 0) is 6.54 Å². The fraction of sp³-hybridized carbons (Fsp3) is 0.429. The molecule has 1 aromatic rings. The van der Waals surface area contributed by atoms with E-state index >= 15 is 0 Å². The third kappa shape index (κ3) is 1.86. The van der Waals surface area contributed by atoms with Gasteiger partial charge in [0.1, 0.15) is 0 Å². The van der Waals surface area contributed by atoms with E-state index in [2.05, 4.69) is 4.98 Å². The first-order chi connectivity index (χ1) is 4.83. The van der Waals surface area contributed by atoms with Crippen LogP contribution in [0.15, 0.2) is 18.5 Å². The minimum atomic E-state index is 0.102. The van der Waals surface area contributed by atoms with Crippen LogP contribution in [0.5, 0.6) is 0 Å². The Labute approximate surface area is 60.3 Å². The summed E-state index contributed by atoms with van der Waals surface area (Å²) in [5.41, 5.74) is 1.19. The number of rotatable bonds is 3. The van der Waals surface area contributed by atoms with E-state index in [1.54, 1.807) is 0 Å². The Kier molecular flexibility index (Phi) is 2.48. The molecule has 3 heteroatoms. The zero-order chi connectivity index (χ0) is 7.40. The number of aromatic amines is 1. The standard InChI is InChI=1S/C7H12N2O/c1-9(6-10)5-7-2-3-8-4-7/h2-4,8,10H,5-6H2,1H3. The zero-order valence-corrected chi connectivity index (χ0v) is 6.04. The summed E-state index contributed by atoms with van der Waals surface area (Å²) < 4.78 is 0. The van der Waals surface area contributed by atoms with Crippen LogP contribution in [0.3, 0.4) is 0 Å². The van der Waals surface area contributed by atoms with Crippen LogP contribution < -0.4 is 0 Å². The van der Waals surface area contributed by atoms with Gasteiger partial charge in [-0.1, -0.05) is 0 Å². The molecule has 0 saturated carbocycles. The minimum absolute atomic E-state index is 0.102. The maximum Gasteiger partial charge on any atom is 0.0956 e. The second-order valence-electron chi connectivity index (χ2n) is 2.37. The average Bonchev–Trinajstić information content (AvgIpc) is 2.40. The zero-order valence-electron chi connectivity index (χ0n) is 6.04. The lowest BCUT2D eigenvalue weighted by atomic mass is 10.3. The van der Waals surface area contributed by atoms with Crippen molar-refractivity contribution in [3.8, 4) is 0 Å². The van der Waals surface area contributed by atoms with Gasteiger partial charge in [0.05, 0.1) is 6.73 Å².